The number of aryl methyl sites for hydroxylation is 2. The molecule has 18 heavy (non-hydrogen) atoms. The van der Waals surface area contributed by atoms with Crippen molar-refractivity contribution in [1.29, 1.82) is 0 Å². The molecule has 1 spiro atoms. The van der Waals surface area contributed by atoms with Crippen molar-refractivity contribution < 1.29 is 4.74 Å². The molecule has 2 aliphatic carbocycles. The highest BCUT2D eigenvalue weighted by atomic mass is 16.5. The normalized spacial score (nSPS) is 22.1. The molecule has 3 heteroatoms. The van der Waals surface area contributed by atoms with Gasteiger partial charge in [-0.15, -0.1) is 0 Å². The Bertz CT molecular complexity index is 430. The molecule has 1 aromatic heterocycles. The maximum atomic E-state index is 6.05. The van der Waals surface area contributed by atoms with Crippen LogP contribution in [0.2, 0.25) is 0 Å². The lowest BCUT2D eigenvalue weighted by Gasteiger charge is -2.28. The minimum Gasteiger partial charge on any atom is -0.474 e. The van der Waals surface area contributed by atoms with Crippen LogP contribution in [0.4, 0.5) is 0 Å². The second kappa shape index (κ2) is 4.52. The average molecular weight is 246 g/mol. The van der Waals surface area contributed by atoms with E-state index in [1.54, 1.807) is 0 Å². The molecular weight excluding hydrogens is 224 g/mol. The first kappa shape index (κ1) is 11.9. The molecular formula is C15H22N2O. The van der Waals surface area contributed by atoms with Gasteiger partial charge >= 0.3 is 0 Å². The lowest BCUT2D eigenvalue weighted by molar-refractivity contribution is 0.118. The van der Waals surface area contributed by atoms with Crippen molar-refractivity contribution >= 4 is 0 Å². The van der Waals surface area contributed by atoms with Gasteiger partial charge in [0, 0.05) is 11.8 Å². The van der Waals surface area contributed by atoms with E-state index in [0.29, 0.717) is 6.10 Å². The molecule has 0 aromatic carbocycles. The number of hydrogen-bond acceptors (Lipinski definition) is 3. The van der Waals surface area contributed by atoms with E-state index in [9.17, 15) is 0 Å². The molecule has 3 nitrogen and oxygen atoms in total. The van der Waals surface area contributed by atoms with Crippen LogP contribution in [0.5, 0.6) is 5.88 Å². The van der Waals surface area contributed by atoms with Gasteiger partial charge in [0.15, 0.2) is 0 Å². The van der Waals surface area contributed by atoms with Gasteiger partial charge in [-0.2, -0.15) is 4.98 Å². The van der Waals surface area contributed by atoms with Crippen LogP contribution in [-0.2, 0) is 6.42 Å². The fourth-order valence-corrected chi connectivity index (χ4v) is 3.01. The predicted molar refractivity (Wildman–Crippen MR) is 70.7 cm³/mol. The van der Waals surface area contributed by atoms with Crippen LogP contribution in [0, 0.1) is 12.3 Å². The molecule has 98 valence electrons. The summed E-state index contributed by atoms with van der Waals surface area (Å²) >= 11 is 0. The second-order valence-corrected chi connectivity index (χ2v) is 5.92. The molecule has 2 fully saturated rings. The van der Waals surface area contributed by atoms with Crippen LogP contribution in [0.3, 0.4) is 0 Å². The largest absolute Gasteiger partial charge is 0.474 e. The summed E-state index contributed by atoms with van der Waals surface area (Å²) in [4.78, 5) is 8.78. The van der Waals surface area contributed by atoms with Crippen molar-refractivity contribution in [3.05, 3.63) is 17.6 Å². The Morgan fingerprint density at radius 1 is 1.22 bits per heavy atom. The highest BCUT2D eigenvalue weighted by Gasteiger charge is 2.45. The Labute approximate surface area is 109 Å². The number of aromatic nitrogens is 2. The van der Waals surface area contributed by atoms with E-state index < -0.39 is 0 Å². The molecule has 0 bridgehead atoms. The summed E-state index contributed by atoms with van der Waals surface area (Å²) in [6, 6.07) is 1.99. The Kier molecular flexibility index (Phi) is 3.00. The van der Waals surface area contributed by atoms with Crippen LogP contribution in [0.15, 0.2) is 6.07 Å². The van der Waals surface area contributed by atoms with Gasteiger partial charge in [0.2, 0.25) is 5.88 Å². The number of rotatable bonds is 3. The second-order valence-electron chi connectivity index (χ2n) is 5.92. The lowest BCUT2D eigenvalue weighted by atomic mass is 9.85. The third kappa shape index (κ3) is 2.50. The standard InChI is InChI=1S/C15H22N2O/c1-3-12-10-14(17-11(2)16-12)18-13-4-6-15(7-5-13)8-9-15/h10,13H,3-9H2,1-2H3. The quantitative estimate of drug-likeness (QED) is 0.819. The van der Waals surface area contributed by atoms with E-state index >= 15 is 0 Å². The van der Waals surface area contributed by atoms with Gasteiger partial charge in [-0.25, -0.2) is 4.98 Å². The van der Waals surface area contributed by atoms with Crippen LogP contribution >= 0.6 is 0 Å². The summed E-state index contributed by atoms with van der Waals surface area (Å²) in [5, 5.41) is 0. The summed E-state index contributed by atoms with van der Waals surface area (Å²) in [5.41, 5.74) is 1.81. The van der Waals surface area contributed by atoms with E-state index in [0.717, 1.165) is 29.2 Å². The summed E-state index contributed by atoms with van der Waals surface area (Å²) in [6.07, 6.45) is 9.31. The highest BCUT2D eigenvalue weighted by molar-refractivity contribution is 5.16. The van der Waals surface area contributed by atoms with Crippen molar-refractivity contribution in [3.8, 4) is 5.88 Å². The van der Waals surface area contributed by atoms with E-state index in [1.807, 2.05) is 13.0 Å². The highest BCUT2D eigenvalue weighted by Crippen LogP contribution is 2.56. The minimum absolute atomic E-state index is 0.371. The molecule has 2 saturated carbocycles. The Morgan fingerprint density at radius 3 is 2.56 bits per heavy atom. The zero-order chi connectivity index (χ0) is 12.6. The summed E-state index contributed by atoms with van der Waals surface area (Å²) in [7, 11) is 0. The van der Waals surface area contributed by atoms with Crippen molar-refractivity contribution in [2.24, 2.45) is 5.41 Å². The Morgan fingerprint density at radius 2 is 1.94 bits per heavy atom. The van der Waals surface area contributed by atoms with Gasteiger partial charge in [-0.1, -0.05) is 6.92 Å². The number of ether oxygens (including phenoxy) is 1. The summed E-state index contributed by atoms with van der Waals surface area (Å²) < 4.78 is 6.05. The maximum absolute atomic E-state index is 6.05. The summed E-state index contributed by atoms with van der Waals surface area (Å²) in [6.45, 7) is 4.05. The third-order valence-corrected chi connectivity index (χ3v) is 4.47. The zero-order valence-corrected chi connectivity index (χ0v) is 11.4. The topological polar surface area (TPSA) is 35.0 Å². The molecule has 0 unspecified atom stereocenters. The average Bonchev–Trinajstić information content (AvgIpc) is 3.12. The summed E-state index contributed by atoms with van der Waals surface area (Å²) in [5.74, 6) is 1.59. The van der Waals surface area contributed by atoms with Crippen LogP contribution in [-0.4, -0.2) is 16.1 Å². The van der Waals surface area contributed by atoms with Crippen LogP contribution in [0.25, 0.3) is 0 Å². The molecule has 0 radical (unpaired) electrons. The van der Waals surface area contributed by atoms with Gasteiger partial charge in [0.05, 0.1) is 0 Å². The molecule has 0 aliphatic heterocycles. The van der Waals surface area contributed by atoms with Gasteiger partial charge < -0.3 is 4.74 Å². The Balaban J connectivity index is 1.63. The molecule has 0 saturated heterocycles. The number of hydrogen-bond donors (Lipinski definition) is 0. The maximum Gasteiger partial charge on any atom is 0.217 e. The third-order valence-electron chi connectivity index (χ3n) is 4.47. The van der Waals surface area contributed by atoms with Gasteiger partial charge in [0.25, 0.3) is 0 Å². The van der Waals surface area contributed by atoms with Crippen molar-refractivity contribution in [2.45, 2.75) is 64.9 Å². The molecule has 0 amide bonds. The van der Waals surface area contributed by atoms with Gasteiger partial charge in [-0.3, -0.25) is 0 Å². The molecule has 1 aromatic rings. The molecule has 0 N–H and O–H groups in total. The number of nitrogens with zero attached hydrogens (tertiary/aromatic N) is 2. The monoisotopic (exact) mass is 246 g/mol. The van der Waals surface area contributed by atoms with Crippen LogP contribution in [0.1, 0.15) is 57.0 Å². The lowest BCUT2D eigenvalue weighted by Crippen LogP contribution is -2.25. The molecule has 3 rings (SSSR count). The first-order valence-electron chi connectivity index (χ1n) is 7.20. The Hall–Kier alpha value is -1.12. The van der Waals surface area contributed by atoms with E-state index in [-0.39, 0.29) is 0 Å². The smallest absolute Gasteiger partial charge is 0.217 e. The molecule has 1 heterocycles. The zero-order valence-electron chi connectivity index (χ0n) is 11.4. The van der Waals surface area contributed by atoms with Crippen molar-refractivity contribution in [2.75, 3.05) is 0 Å². The first-order chi connectivity index (χ1) is 8.69. The molecule has 2 aliphatic rings. The first-order valence-corrected chi connectivity index (χ1v) is 7.20. The van der Waals surface area contributed by atoms with Crippen LogP contribution < -0.4 is 4.74 Å². The SMILES string of the molecule is CCc1cc(OC2CCC3(CC2)CC3)nc(C)n1. The van der Waals surface area contributed by atoms with Crippen molar-refractivity contribution in [3.63, 3.8) is 0 Å². The fraction of sp³-hybridized carbons (Fsp3) is 0.733. The minimum atomic E-state index is 0.371. The van der Waals surface area contributed by atoms with Gasteiger partial charge in [0.1, 0.15) is 11.9 Å². The van der Waals surface area contributed by atoms with Crippen molar-refractivity contribution in [1.82, 2.24) is 9.97 Å². The molecule has 0 atom stereocenters. The fourth-order valence-electron chi connectivity index (χ4n) is 3.01. The predicted octanol–water partition coefficient (Wildman–Crippen LogP) is 3.45. The van der Waals surface area contributed by atoms with E-state index in [1.165, 1.54) is 38.5 Å². The van der Waals surface area contributed by atoms with E-state index in [2.05, 4.69) is 16.9 Å². The van der Waals surface area contributed by atoms with Gasteiger partial charge in [-0.05, 0) is 57.3 Å². The van der Waals surface area contributed by atoms with E-state index in [4.69, 9.17) is 4.74 Å².